The number of non-ortho nitro benzene ring substituents is 1. The van der Waals surface area contributed by atoms with E-state index < -0.39 is 17.0 Å². The summed E-state index contributed by atoms with van der Waals surface area (Å²) in [6, 6.07) is 9.03. The van der Waals surface area contributed by atoms with Gasteiger partial charge in [-0.15, -0.1) is 0 Å². The monoisotopic (exact) mass is 383 g/mol. The lowest BCUT2D eigenvalue weighted by molar-refractivity contribution is -0.384. The van der Waals surface area contributed by atoms with Crippen LogP contribution in [-0.2, 0) is 9.53 Å². The number of methoxy groups -OCH3 is 1. The molecule has 0 aromatic heterocycles. The molecule has 1 heterocycles. The number of benzene rings is 2. The number of hydrogen-bond acceptors (Lipinski definition) is 7. The third-order valence-electron chi connectivity index (χ3n) is 4.25. The van der Waals surface area contributed by atoms with Crippen LogP contribution in [0.15, 0.2) is 42.2 Å². The third kappa shape index (κ3) is 3.57. The van der Waals surface area contributed by atoms with Crippen molar-refractivity contribution in [3.8, 4) is 11.5 Å². The molecule has 28 heavy (non-hydrogen) atoms. The van der Waals surface area contributed by atoms with Crippen LogP contribution in [0.4, 0.5) is 5.69 Å². The maximum absolute atomic E-state index is 12.6. The number of carbonyl (C=O) groups excluding carboxylic acids is 2. The summed E-state index contributed by atoms with van der Waals surface area (Å²) in [6.45, 7) is 3.26. The van der Waals surface area contributed by atoms with Crippen molar-refractivity contribution in [3.63, 3.8) is 0 Å². The lowest BCUT2D eigenvalue weighted by atomic mass is 10.1. The summed E-state index contributed by atoms with van der Waals surface area (Å²) in [5.41, 5.74) is 1.30. The summed E-state index contributed by atoms with van der Waals surface area (Å²) in [6.07, 6.45) is 0.630. The maximum atomic E-state index is 12.6. The fourth-order valence-corrected chi connectivity index (χ4v) is 2.78. The second-order valence-corrected chi connectivity index (χ2v) is 6.14. The first-order valence-corrected chi connectivity index (χ1v) is 8.38. The molecule has 1 aliphatic rings. The zero-order valence-electron chi connectivity index (χ0n) is 15.4. The number of hydrogen-bond donors (Lipinski definition) is 0. The van der Waals surface area contributed by atoms with Gasteiger partial charge in [0.1, 0.15) is 11.5 Å². The number of nitro groups is 1. The number of Topliss-reactive ketones (excluding diaryl/α,β-unsaturated/α-hetero) is 1. The summed E-state index contributed by atoms with van der Waals surface area (Å²) >= 11 is 0. The molecule has 0 saturated carbocycles. The molecular formula is C20H17NO7. The smallest absolute Gasteiger partial charge is 0.346 e. The Morgan fingerprint density at radius 3 is 2.71 bits per heavy atom. The SMILES string of the molecule is COC(=O)C(C)Oc1ccc2c(c1C)O/C(=C\c1cccc([N+](=O)[O-])c1)C2=O. The van der Waals surface area contributed by atoms with Gasteiger partial charge in [0.05, 0.1) is 17.6 Å². The zero-order valence-corrected chi connectivity index (χ0v) is 15.4. The molecule has 8 nitrogen and oxygen atoms in total. The van der Waals surface area contributed by atoms with E-state index >= 15 is 0 Å². The molecule has 0 amide bonds. The van der Waals surface area contributed by atoms with Crippen LogP contribution in [-0.4, -0.2) is 29.9 Å². The van der Waals surface area contributed by atoms with Gasteiger partial charge in [0.25, 0.3) is 5.69 Å². The van der Waals surface area contributed by atoms with Gasteiger partial charge in [-0.1, -0.05) is 12.1 Å². The van der Waals surface area contributed by atoms with E-state index in [4.69, 9.17) is 9.47 Å². The van der Waals surface area contributed by atoms with Gasteiger partial charge >= 0.3 is 5.97 Å². The molecule has 0 radical (unpaired) electrons. The van der Waals surface area contributed by atoms with Gasteiger partial charge in [0.15, 0.2) is 11.9 Å². The number of ketones is 1. The Bertz CT molecular complexity index is 1010. The van der Waals surface area contributed by atoms with Gasteiger partial charge in [-0.05, 0) is 37.6 Å². The summed E-state index contributed by atoms with van der Waals surface area (Å²) in [5.74, 6) is -0.0885. The number of ether oxygens (including phenoxy) is 3. The Balaban J connectivity index is 1.90. The quantitative estimate of drug-likeness (QED) is 0.337. The third-order valence-corrected chi connectivity index (χ3v) is 4.25. The number of nitro benzene ring substituents is 1. The van der Waals surface area contributed by atoms with Crippen molar-refractivity contribution in [1.29, 1.82) is 0 Å². The first kappa shape index (κ1) is 19.1. The molecule has 1 atom stereocenters. The fourth-order valence-electron chi connectivity index (χ4n) is 2.78. The van der Waals surface area contributed by atoms with E-state index in [2.05, 4.69) is 4.74 Å². The minimum Gasteiger partial charge on any atom is -0.479 e. The molecular weight excluding hydrogens is 366 g/mol. The number of carbonyl (C=O) groups is 2. The van der Waals surface area contributed by atoms with E-state index in [9.17, 15) is 19.7 Å². The van der Waals surface area contributed by atoms with E-state index in [1.54, 1.807) is 32.0 Å². The van der Waals surface area contributed by atoms with Crippen molar-refractivity contribution in [2.75, 3.05) is 7.11 Å². The van der Waals surface area contributed by atoms with Crippen LogP contribution in [0.1, 0.15) is 28.4 Å². The molecule has 0 saturated heterocycles. The lowest BCUT2D eigenvalue weighted by Gasteiger charge is -2.15. The predicted octanol–water partition coefficient (Wildman–Crippen LogP) is 3.46. The van der Waals surface area contributed by atoms with Crippen molar-refractivity contribution in [2.45, 2.75) is 20.0 Å². The first-order valence-electron chi connectivity index (χ1n) is 8.38. The number of esters is 1. The van der Waals surface area contributed by atoms with E-state index in [0.717, 1.165) is 0 Å². The molecule has 2 aromatic carbocycles. The number of allylic oxidation sites excluding steroid dienone is 1. The molecule has 144 valence electrons. The molecule has 0 bridgehead atoms. The molecule has 0 aliphatic carbocycles. The van der Waals surface area contributed by atoms with Crippen LogP contribution < -0.4 is 9.47 Å². The van der Waals surface area contributed by atoms with Gasteiger partial charge in [-0.2, -0.15) is 0 Å². The van der Waals surface area contributed by atoms with Crippen LogP contribution in [0.3, 0.4) is 0 Å². The standard InChI is InChI=1S/C20H17NO7/c1-11-16(27-12(2)20(23)26-3)8-7-15-18(22)17(28-19(11)15)10-13-5-4-6-14(9-13)21(24)25/h4-10,12H,1-3H3/b17-10-. The average molecular weight is 383 g/mol. The fraction of sp³-hybridized carbons (Fsp3) is 0.200. The Hall–Kier alpha value is -3.68. The van der Waals surface area contributed by atoms with Crippen molar-refractivity contribution in [1.82, 2.24) is 0 Å². The number of nitrogens with zero attached hydrogens (tertiary/aromatic N) is 1. The molecule has 1 aliphatic heterocycles. The van der Waals surface area contributed by atoms with Crippen LogP contribution in [0.25, 0.3) is 6.08 Å². The van der Waals surface area contributed by atoms with Gasteiger partial charge < -0.3 is 14.2 Å². The van der Waals surface area contributed by atoms with E-state index in [-0.39, 0.29) is 17.2 Å². The molecule has 0 fully saturated rings. The maximum Gasteiger partial charge on any atom is 0.346 e. The van der Waals surface area contributed by atoms with Crippen molar-refractivity contribution < 1.29 is 28.7 Å². The minimum atomic E-state index is -0.821. The van der Waals surface area contributed by atoms with Gasteiger partial charge in [-0.3, -0.25) is 14.9 Å². The average Bonchev–Trinajstić information content (AvgIpc) is 3.00. The van der Waals surface area contributed by atoms with Crippen molar-refractivity contribution in [2.24, 2.45) is 0 Å². The van der Waals surface area contributed by atoms with Crippen molar-refractivity contribution >= 4 is 23.5 Å². The van der Waals surface area contributed by atoms with Crippen LogP contribution in [0, 0.1) is 17.0 Å². The molecule has 3 rings (SSSR count). The molecule has 1 unspecified atom stereocenters. The van der Waals surface area contributed by atoms with E-state index in [0.29, 0.717) is 28.2 Å². The number of fused-ring (bicyclic) bond motifs is 1. The Kier molecular flexibility index (Phi) is 5.12. The van der Waals surface area contributed by atoms with Gasteiger partial charge in [-0.25, -0.2) is 4.79 Å². The Morgan fingerprint density at radius 2 is 2.04 bits per heavy atom. The largest absolute Gasteiger partial charge is 0.479 e. The van der Waals surface area contributed by atoms with Gasteiger partial charge in [0.2, 0.25) is 5.78 Å². The lowest BCUT2D eigenvalue weighted by Crippen LogP contribution is -2.25. The van der Waals surface area contributed by atoms with Crippen LogP contribution in [0.5, 0.6) is 11.5 Å². The Labute approximate surface area is 160 Å². The topological polar surface area (TPSA) is 105 Å². The highest BCUT2D eigenvalue weighted by molar-refractivity contribution is 6.15. The summed E-state index contributed by atoms with van der Waals surface area (Å²) in [4.78, 5) is 34.6. The summed E-state index contributed by atoms with van der Waals surface area (Å²) in [5, 5.41) is 10.9. The first-order chi connectivity index (χ1) is 13.3. The van der Waals surface area contributed by atoms with Crippen LogP contribution >= 0.6 is 0 Å². The van der Waals surface area contributed by atoms with E-state index in [1.807, 2.05) is 0 Å². The predicted molar refractivity (Wildman–Crippen MR) is 99.3 cm³/mol. The molecule has 2 aromatic rings. The summed E-state index contributed by atoms with van der Waals surface area (Å²) < 4.78 is 15.9. The zero-order chi connectivity index (χ0) is 20.4. The van der Waals surface area contributed by atoms with Crippen molar-refractivity contribution in [3.05, 3.63) is 69.0 Å². The van der Waals surface area contributed by atoms with Crippen LogP contribution in [0.2, 0.25) is 0 Å². The highest BCUT2D eigenvalue weighted by Gasteiger charge is 2.31. The minimum absolute atomic E-state index is 0.0526. The highest BCUT2D eigenvalue weighted by atomic mass is 16.6. The van der Waals surface area contributed by atoms with Gasteiger partial charge in [0, 0.05) is 17.7 Å². The number of rotatable bonds is 5. The highest BCUT2D eigenvalue weighted by Crippen LogP contribution is 2.39. The Morgan fingerprint density at radius 1 is 1.29 bits per heavy atom. The molecule has 0 N–H and O–H groups in total. The second-order valence-electron chi connectivity index (χ2n) is 6.14. The van der Waals surface area contributed by atoms with E-state index in [1.165, 1.54) is 31.4 Å². The molecule has 8 heteroatoms. The second kappa shape index (κ2) is 7.51. The molecule has 0 spiro atoms. The summed E-state index contributed by atoms with van der Waals surface area (Å²) in [7, 11) is 1.27. The normalized spacial score (nSPS) is 15.0.